The highest BCUT2D eigenvalue weighted by Crippen LogP contribution is 2.20. The highest BCUT2D eigenvalue weighted by Gasteiger charge is 2.15. The van der Waals surface area contributed by atoms with Crippen LogP contribution in [0.15, 0.2) is 27.3 Å². The molecule has 0 saturated heterocycles. The molecule has 1 aliphatic carbocycles. The predicted octanol–water partition coefficient (Wildman–Crippen LogP) is 2.02. The summed E-state index contributed by atoms with van der Waals surface area (Å²) in [6, 6.07) is 1.31. The van der Waals surface area contributed by atoms with Gasteiger partial charge in [-0.3, -0.25) is 4.79 Å². The molecule has 0 bridgehead atoms. The van der Waals surface area contributed by atoms with Gasteiger partial charge in [-0.1, -0.05) is 11.6 Å². The maximum absolute atomic E-state index is 11.9. The van der Waals surface area contributed by atoms with Crippen molar-refractivity contribution in [1.29, 1.82) is 0 Å². The third-order valence-electron chi connectivity index (χ3n) is 3.23. The number of carbonyl (C=O) groups excluding carboxylic acids is 1. The average molecular weight is 314 g/mol. The monoisotopic (exact) mass is 314 g/mol. The van der Waals surface area contributed by atoms with Crippen LogP contribution in [0.4, 0.5) is 0 Å². The van der Waals surface area contributed by atoms with E-state index in [1.54, 1.807) is 0 Å². The van der Waals surface area contributed by atoms with Gasteiger partial charge in [0.15, 0.2) is 0 Å². The van der Waals surface area contributed by atoms with Gasteiger partial charge in [0, 0.05) is 11.9 Å². The number of nitrogens with one attached hydrogen (secondary N) is 1. The molecule has 0 radical (unpaired) electrons. The van der Waals surface area contributed by atoms with Gasteiger partial charge in [-0.15, -0.1) is 11.3 Å². The number of rotatable bonds is 5. The van der Waals surface area contributed by atoms with Crippen LogP contribution in [0.2, 0.25) is 0 Å². The van der Waals surface area contributed by atoms with E-state index in [1.807, 2.05) is 0 Å². The molecule has 0 saturated carbocycles. The molecule has 0 unspecified atom stereocenters. The Kier molecular flexibility index (Phi) is 4.95. The molecule has 1 aromatic rings. The summed E-state index contributed by atoms with van der Waals surface area (Å²) in [6.07, 6.45) is 7.83. The molecule has 0 aromatic carbocycles. The van der Waals surface area contributed by atoms with Gasteiger partial charge in [0.25, 0.3) is 5.91 Å². The first-order valence-corrected chi connectivity index (χ1v) is 8.97. The SMILES string of the molecule is NS(=O)(=O)c1cc(C(=O)NCCC2=CCCCC2)cs1. The zero-order chi connectivity index (χ0) is 14.6. The van der Waals surface area contributed by atoms with Crippen LogP contribution >= 0.6 is 11.3 Å². The van der Waals surface area contributed by atoms with Gasteiger partial charge >= 0.3 is 0 Å². The lowest BCUT2D eigenvalue weighted by molar-refractivity contribution is 0.0954. The Balaban J connectivity index is 1.86. The molecule has 1 aromatic heterocycles. The third-order valence-corrected chi connectivity index (χ3v) is 5.62. The molecule has 1 amide bonds. The lowest BCUT2D eigenvalue weighted by Crippen LogP contribution is -2.24. The molecule has 0 fully saturated rings. The molecule has 5 nitrogen and oxygen atoms in total. The zero-order valence-corrected chi connectivity index (χ0v) is 12.7. The van der Waals surface area contributed by atoms with Crippen molar-refractivity contribution >= 4 is 27.3 Å². The van der Waals surface area contributed by atoms with Crippen LogP contribution in [0, 0.1) is 0 Å². The molecule has 1 aliphatic rings. The number of amides is 1. The average Bonchev–Trinajstić information content (AvgIpc) is 2.89. The molecular weight excluding hydrogens is 296 g/mol. The first kappa shape index (κ1) is 15.2. The fourth-order valence-electron chi connectivity index (χ4n) is 2.16. The highest BCUT2D eigenvalue weighted by atomic mass is 32.2. The summed E-state index contributed by atoms with van der Waals surface area (Å²) in [7, 11) is -3.72. The second-order valence-corrected chi connectivity index (χ2v) is 7.51. The van der Waals surface area contributed by atoms with Crippen LogP contribution in [-0.4, -0.2) is 20.9 Å². The van der Waals surface area contributed by atoms with Crippen LogP contribution in [0.3, 0.4) is 0 Å². The van der Waals surface area contributed by atoms with E-state index in [4.69, 9.17) is 5.14 Å². The van der Waals surface area contributed by atoms with Gasteiger partial charge in [0.1, 0.15) is 4.21 Å². The largest absolute Gasteiger partial charge is 0.352 e. The van der Waals surface area contributed by atoms with Crippen LogP contribution in [0.1, 0.15) is 42.5 Å². The standard InChI is InChI=1S/C13H18N2O3S2/c14-20(17,18)12-8-11(9-19-12)13(16)15-7-6-10-4-2-1-3-5-10/h4,8-9H,1-3,5-7H2,(H,15,16)(H2,14,17,18). The first-order chi connectivity index (χ1) is 9.47. The maximum atomic E-state index is 11.9. The van der Waals surface area contributed by atoms with Crippen molar-refractivity contribution in [2.75, 3.05) is 6.54 Å². The number of carbonyl (C=O) groups is 1. The summed E-state index contributed by atoms with van der Waals surface area (Å²) in [6.45, 7) is 0.575. The van der Waals surface area contributed by atoms with Crippen molar-refractivity contribution in [3.05, 3.63) is 28.7 Å². The number of thiophene rings is 1. The van der Waals surface area contributed by atoms with E-state index in [0.717, 1.165) is 30.6 Å². The number of allylic oxidation sites excluding steroid dienone is 1. The summed E-state index contributed by atoms with van der Waals surface area (Å²) in [4.78, 5) is 11.9. The lowest BCUT2D eigenvalue weighted by atomic mass is 9.97. The molecule has 0 aliphatic heterocycles. The van der Waals surface area contributed by atoms with Gasteiger partial charge in [0.05, 0.1) is 5.56 Å². The number of hydrogen-bond acceptors (Lipinski definition) is 4. The van der Waals surface area contributed by atoms with Crippen LogP contribution in [0.25, 0.3) is 0 Å². The fourth-order valence-corrected chi connectivity index (χ4v) is 3.74. The molecule has 3 N–H and O–H groups in total. The summed E-state index contributed by atoms with van der Waals surface area (Å²) in [5.74, 6) is -0.257. The van der Waals surface area contributed by atoms with Gasteiger partial charge in [-0.05, 0) is 38.2 Å². The van der Waals surface area contributed by atoms with Crippen molar-refractivity contribution in [2.45, 2.75) is 36.3 Å². The summed E-state index contributed by atoms with van der Waals surface area (Å²) in [5.41, 5.74) is 1.74. The Morgan fingerprint density at radius 1 is 1.40 bits per heavy atom. The van der Waals surface area contributed by atoms with Gasteiger partial charge < -0.3 is 5.32 Å². The Hall–Kier alpha value is -1.18. The van der Waals surface area contributed by atoms with Gasteiger partial charge in [-0.25, -0.2) is 13.6 Å². The minimum absolute atomic E-state index is 0.0117. The van der Waals surface area contributed by atoms with Crippen molar-refractivity contribution in [1.82, 2.24) is 5.32 Å². The first-order valence-electron chi connectivity index (χ1n) is 6.54. The fraction of sp³-hybridized carbons (Fsp3) is 0.462. The molecule has 20 heavy (non-hydrogen) atoms. The highest BCUT2D eigenvalue weighted by molar-refractivity contribution is 7.91. The van der Waals surface area contributed by atoms with Crippen molar-refractivity contribution in [2.24, 2.45) is 5.14 Å². The van der Waals surface area contributed by atoms with Crippen LogP contribution in [0.5, 0.6) is 0 Å². The van der Waals surface area contributed by atoms with Crippen molar-refractivity contribution < 1.29 is 13.2 Å². The topological polar surface area (TPSA) is 89.3 Å². The summed E-state index contributed by atoms with van der Waals surface area (Å²) >= 11 is 0.961. The molecule has 0 atom stereocenters. The Morgan fingerprint density at radius 3 is 2.80 bits per heavy atom. The molecule has 2 rings (SSSR count). The number of nitrogens with two attached hydrogens (primary N) is 1. The summed E-state index contributed by atoms with van der Waals surface area (Å²) < 4.78 is 22.3. The molecule has 110 valence electrons. The van der Waals surface area contributed by atoms with E-state index < -0.39 is 10.0 Å². The molecule has 0 spiro atoms. The van der Waals surface area contributed by atoms with Crippen molar-refractivity contribution in [3.63, 3.8) is 0 Å². The minimum atomic E-state index is -3.72. The minimum Gasteiger partial charge on any atom is -0.352 e. The van der Waals surface area contributed by atoms with E-state index in [1.165, 1.54) is 29.9 Å². The quantitative estimate of drug-likeness (QED) is 0.815. The third kappa shape index (κ3) is 4.16. The van der Waals surface area contributed by atoms with Gasteiger partial charge in [0.2, 0.25) is 10.0 Å². The van der Waals surface area contributed by atoms with Gasteiger partial charge in [-0.2, -0.15) is 0 Å². The zero-order valence-electron chi connectivity index (χ0n) is 11.1. The second kappa shape index (κ2) is 6.51. The Labute approximate surface area is 122 Å². The summed E-state index contributed by atoms with van der Waals surface area (Å²) in [5, 5.41) is 9.32. The normalized spacial score (nSPS) is 15.8. The maximum Gasteiger partial charge on any atom is 0.252 e. The van der Waals surface area contributed by atoms with E-state index >= 15 is 0 Å². The Morgan fingerprint density at radius 2 is 2.20 bits per heavy atom. The number of sulfonamides is 1. The second-order valence-electron chi connectivity index (χ2n) is 4.81. The van der Waals surface area contributed by atoms with E-state index in [9.17, 15) is 13.2 Å². The van der Waals surface area contributed by atoms with E-state index in [2.05, 4.69) is 11.4 Å². The number of hydrogen-bond donors (Lipinski definition) is 2. The van der Waals surface area contributed by atoms with E-state index in [-0.39, 0.29) is 10.1 Å². The molecule has 1 heterocycles. The smallest absolute Gasteiger partial charge is 0.252 e. The lowest BCUT2D eigenvalue weighted by Gasteiger charge is -2.12. The predicted molar refractivity (Wildman–Crippen MR) is 79.2 cm³/mol. The Bertz CT molecular complexity index is 617. The number of primary sulfonamides is 1. The van der Waals surface area contributed by atoms with Crippen LogP contribution in [-0.2, 0) is 10.0 Å². The van der Waals surface area contributed by atoms with E-state index in [0.29, 0.717) is 12.1 Å². The van der Waals surface area contributed by atoms with Crippen molar-refractivity contribution in [3.8, 4) is 0 Å². The molecular formula is C13H18N2O3S2. The molecule has 7 heteroatoms. The van der Waals surface area contributed by atoms with Crippen LogP contribution < -0.4 is 10.5 Å².